The van der Waals surface area contributed by atoms with Crippen molar-refractivity contribution in [1.82, 2.24) is 16.0 Å². The van der Waals surface area contributed by atoms with Gasteiger partial charge in [0.25, 0.3) is 0 Å². The normalized spacial score (nSPS) is 14.0. The van der Waals surface area contributed by atoms with Crippen LogP contribution >= 0.6 is 0 Å². The molecule has 4 atom stereocenters. The number of Topliss-reactive ketones (excluding diaryl/α,β-unsaturated/α-hetero) is 1. The van der Waals surface area contributed by atoms with Gasteiger partial charge < -0.3 is 42.3 Å². The monoisotopic (exact) mass is 565 g/mol. The van der Waals surface area contributed by atoms with Crippen LogP contribution in [0.2, 0.25) is 0 Å². The Morgan fingerprint density at radius 1 is 0.875 bits per heavy atom. The predicted molar refractivity (Wildman–Crippen MR) is 144 cm³/mol. The third-order valence-electron chi connectivity index (χ3n) is 5.82. The summed E-state index contributed by atoms with van der Waals surface area (Å²) < 4.78 is 0. The van der Waals surface area contributed by atoms with Crippen molar-refractivity contribution in [3.8, 4) is 0 Å². The van der Waals surface area contributed by atoms with Crippen molar-refractivity contribution in [2.24, 2.45) is 17.6 Å². The van der Waals surface area contributed by atoms with Gasteiger partial charge in [-0.2, -0.15) is 0 Å². The van der Waals surface area contributed by atoms with E-state index in [0.717, 1.165) is 0 Å². The summed E-state index contributed by atoms with van der Waals surface area (Å²) in [6.45, 7) is 6.00. The number of carbonyl (C=O) groups excluding carboxylic acids is 4. The van der Waals surface area contributed by atoms with Crippen LogP contribution in [-0.2, 0) is 19.2 Å². The van der Waals surface area contributed by atoms with Crippen LogP contribution in [0.3, 0.4) is 0 Å². The molecule has 14 nitrogen and oxygen atoms in total. The lowest BCUT2D eigenvalue weighted by Crippen LogP contribution is -2.57. The second kappa shape index (κ2) is 16.2. The maximum atomic E-state index is 12.9. The first kappa shape index (κ1) is 34.0. The predicted octanol–water partition coefficient (Wildman–Crippen LogP) is 0.300. The average Bonchev–Trinajstić information content (AvgIpc) is 2.87. The van der Waals surface area contributed by atoms with Crippen molar-refractivity contribution in [2.45, 2.75) is 71.1 Å². The molecule has 0 aliphatic heterocycles. The van der Waals surface area contributed by atoms with Crippen molar-refractivity contribution in [1.29, 1.82) is 0 Å². The van der Waals surface area contributed by atoms with Gasteiger partial charge in [0.2, 0.25) is 11.8 Å². The highest BCUT2D eigenvalue weighted by Crippen LogP contribution is 2.18. The van der Waals surface area contributed by atoms with Crippen LogP contribution in [0.15, 0.2) is 24.3 Å². The van der Waals surface area contributed by atoms with Gasteiger partial charge in [-0.15, -0.1) is 0 Å². The second-order valence-electron chi connectivity index (χ2n) is 10.0. The zero-order chi connectivity index (χ0) is 30.6. The van der Waals surface area contributed by atoms with Crippen LogP contribution in [0.25, 0.3) is 0 Å². The minimum atomic E-state index is -1.50. The second-order valence-corrected chi connectivity index (χ2v) is 10.0. The molecule has 0 fully saturated rings. The van der Waals surface area contributed by atoms with Gasteiger partial charge in [-0.25, -0.2) is 9.59 Å². The maximum absolute atomic E-state index is 12.9. The number of carboxylic acids is 2. The number of hydrogen-bond acceptors (Lipinski definition) is 8. The van der Waals surface area contributed by atoms with Gasteiger partial charge in [0, 0.05) is 12.0 Å². The third-order valence-corrected chi connectivity index (χ3v) is 5.82. The SMILES string of the molecule is CC(C)C[C@H](NC(=O)[C@H](CO)NC(=O)Nc1ccccc1C(=O)[C@@H](N)CCC(=O)O)C(=O)N[C@H](C(=O)O)C(C)C. The number of ketones is 1. The zero-order valence-electron chi connectivity index (χ0n) is 23.0. The lowest BCUT2D eigenvalue weighted by Gasteiger charge is -2.26. The molecule has 0 aliphatic carbocycles. The van der Waals surface area contributed by atoms with Gasteiger partial charge in [-0.3, -0.25) is 19.2 Å². The fourth-order valence-electron chi connectivity index (χ4n) is 3.67. The first-order valence-electron chi connectivity index (χ1n) is 12.8. The molecule has 14 heteroatoms. The third kappa shape index (κ3) is 11.0. The molecule has 0 spiro atoms. The summed E-state index contributed by atoms with van der Waals surface area (Å²) >= 11 is 0. The first-order valence-corrected chi connectivity index (χ1v) is 12.8. The Morgan fingerprint density at radius 2 is 1.48 bits per heavy atom. The molecule has 4 amide bonds. The highest BCUT2D eigenvalue weighted by atomic mass is 16.4. The van der Waals surface area contributed by atoms with Gasteiger partial charge in [0.1, 0.15) is 18.1 Å². The van der Waals surface area contributed by atoms with E-state index in [2.05, 4.69) is 21.3 Å². The van der Waals surface area contributed by atoms with E-state index in [1.165, 1.54) is 24.3 Å². The van der Waals surface area contributed by atoms with E-state index >= 15 is 0 Å². The van der Waals surface area contributed by atoms with Crippen LogP contribution in [0.4, 0.5) is 10.5 Å². The number of benzene rings is 1. The molecule has 0 aliphatic rings. The Morgan fingerprint density at radius 3 is 2.00 bits per heavy atom. The van der Waals surface area contributed by atoms with Gasteiger partial charge in [-0.1, -0.05) is 39.8 Å². The average molecular weight is 566 g/mol. The number of aliphatic hydroxyl groups excluding tert-OH is 1. The zero-order valence-corrected chi connectivity index (χ0v) is 23.0. The van der Waals surface area contributed by atoms with Gasteiger partial charge in [-0.05, 0) is 36.8 Å². The van der Waals surface area contributed by atoms with Crippen LogP contribution in [0.5, 0.6) is 0 Å². The lowest BCUT2D eigenvalue weighted by molar-refractivity contribution is -0.143. The highest BCUT2D eigenvalue weighted by molar-refractivity contribution is 6.07. The molecule has 1 rings (SSSR count). The number of nitrogens with two attached hydrogens (primary N) is 1. The Labute approximate surface area is 232 Å². The minimum absolute atomic E-state index is 0.0207. The topological polar surface area (TPSA) is 237 Å². The molecule has 1 aromatic carbocycles. The van der Waals surface area contributed by atoms with Crippen LogP contribution in [-0.4, -0.2) is 81.7 Å². The Hall–Kier alpha value is -4.04. The molecule has 0 saturated carbocycles. The summed E-state index contributed by atoms with van der Waals surface area (Å²) in [6.07, 6.45) is -0.276. The van der Waals surface area contributed by atoms with Crippen molar-refractivity contribution < 1.29 is 44.1 Å². The summed E-state index contributed by atoms with van der Waals surface area (Å²) in [4.78, 5) is 73.3. The molecule has 0 saturated heterocycles. The summed E-state index contributed by atoms with van der Waals surface area (Å²) in [6, 6.07) is -0.0479. The highest BCUT2D eigenvalue weighted by Gasteiger charge is 2.31. The number of nitrogens with one attached hydrogen (secondary N) is 4. The van der Waals surface area contributed by atoms with E-state index in [9.17, 15) is 39.0 Å². The quantitative estimate of drug-likeness (QED) is 0.128. The fourth-order valence-corrected chi connectivity index (χ4v) is 3.67. The van der Waals surface area contributed by atoms with E-state index in [4.69, 9.17) is 10.8 Å². The molecule has 0 heterocycles. The van der Waals surface area contributed by atoms with E-state index in [0.29, 0.717) is 0 Å². The Balaban J connectivity index is 2.97. The number of para-hydroxylation sites is 1. The largest absolute Gasteiger partial charge is 0.481 e. The lowest BCUT2D eigenvalue weighted by atomic mass is 9.99. The smallest absolute Gasteiger partial charge is 0.326 e. The van der Waals surface area contributed by atoms with Crippen molar-refractivity contribution in [2.75, 3.05) is 11.9 Å². The number of urea groups is 1. The first-order chi connectivity index (χ1) is 18.7. The van der Waals surface area contributed by atoms with Crippen LogP contribution in [0.1, 0.15) is 57.3 Å². The molecular formula is C26H39N5O9. The molecule has 0 bridgehead atoms. The molecule has 9 N–H and O–H groups in total. The fraction of sp³-hybridized carbons (Fsp3) is 0.538. The molecular weight excluding hydrogens is 526 g/mol. The van der Waals surface area contributed by atoms with E-state index in [-0.39, 0.29) is 36.4 Å². The Bertz CT molecular complexity index is 1080. The minimum Gasteiger partial charge on any atom is -0.481 e. The van der Waals surface area contributed by atoms with Gasteiger partial charge >= 0.3 is 18.0 Å². The maximum Gasteiger partial charge on any atom is 0.326 e. The number of carboxylic acid groups (broad SMARTS) is 2. The summed E-state index contributed by atoms with van der Waals surface area (Å²) in [5.74, 6) is -5.06. The molecule has 0 radical (unpaired) electrons. The molecule has 0 unspecified atom stereocenters. The molecule has 40 heavy (non-hydrogen) atoms. The number of hydrogen-bond donors (Lipinski definition) is 8. The number of rotatable bonds is 16. The number of carbonyl (C=O) groups is 6. The summed E-state index contributed by atoms with van der Waals surface area (Å²) in [7, 11) is 0. The van der Waals surface area contributed by atoms with Crippen molar-refractivity contribution in [3.05, 3.63) is 29.8 Å². The van der Waals surface area contributed by atoms with Crippen molar-refractivity contribution >= 4 is 41.3 Å². The van der Waals surface area contributed by atoms with E-state index < -0.39 is 72.3 Å². The van der Waals surface area contributed by atoms with Crippen molar-refractivity contribution in [3.63, 3.8) is 0 Å². The number of anilines is 1. The summed E-state index contributed by atoms with van der Waals surface area (Å²) in [5, 5.41) is 37.5. The Kier molecular flexibility index (Phi) is 13.7. The number of aliphatic carboxylic acids is 2. The summed E-state index contributed by atoms with van der Waals surface area (Å²) in [5.41, 5.74) is 5.88. The van der Waals surface area contributed by atoms with Crippen LogP contribution in [0, 0.1) is 11.8 Å². The molecule has 1 aromatic rings. The number of amides is 4. The van der Waals surface area contributed by atoms with Crippen LogP contribution < -0.4 is 27.0 Å². The molecule has 222 valence electrons. The molecule has 0 aromatic heterocycles. The standard InChI is InChI=1S/C26H39N5O9/c1-13(2)11-18(23(36)31-21(14(3)4)25(38)39)28-24(37)19(12-32)30-26(40)29-17-8-6-5-7-15(17)22(35)16(27)9-10-20(33)34/h5-8,13-14,16,18-19,21,32H,9-12,27H2,1-4H3,(H,28,37)(H,31,36)(H,33,34)(H,38,39)(H2,29,30,40)/t16-,18-,19-,21-/m0/s1. The number of aliphatic hydroxyl groups is 1. The van der Waals surface area contributed by atoms with Gasteiger partial charge in [0.05, 0.1) is 18.3 Å². The van der Waals surface area contributed by atoms with E-state index in [1.54, 1.807) is 27.7 Å². The van der Waals surface area contributed by atoms with E-state index in [1.807, 2.05) is 0 Å². The van der Waals surface area contributed by atoms with Gasteiger partial charge in [0.15, 0.2) is 5.78 Å².